The van der Waals surface area contributed by atoms with Crippen LogP contribution in [0.2, 0.25) is 0 Å². The number of aryl methyl sites for hydroxylation is 2. The predicted molar refractivity (Wildman–Crippen MR) is 54.9 cm³/mol. The Balaban J connectivity index is 1.97. The van der Waals surface area contributed by atoms with E-state index in [2.05, 4.69) is 16.2 Å². The lowest BCUT2D eigenvalue weighted by molar-refractivity contribution is 0.614. The van der Waals surface area contributed by atoms with Crippen LogP contribution in [-0.4, -0.2) is 14.8 Å². The van der Waals surface area contributed by atoms with Gasteiger partial charge in [-0.25, -0.2) is 0 Å². The molecule has 0 fully saturated rings. The van der Waals surface area contributed by atoms with Crippen LogP contribution in [0, 0.1) is 11.3 Å². The van der Waals surface area contributed by atoms with Gasteiger partial charge in [0.2, 0.25) is 0 Å². The Morgan fingerprint density at radius 1 is 1.33 bits per heavy atom. The molecular weight excluding hydrogens is 188 g/mol. The van der Waals surface area contributed by atoms with Crippen molar-refractivity contribution in [2.24, 2.45) is 0 Å². The van der Waals surface area contributed by atoms with Gasteiger partial charge in [-0.1, -0.05) is 0 Å². The molecule has 0 atom stereocenters. The van der Waals surface area contributed by atoms with E-state index in [-0.39, 0.29) is 0 Å². The smallest absolute Gasteiger partial charge is 0.102 e. The highest BCUT2D eigenvalue weighted by Gasteiger charge is 1.97. The average Bonchev–Trinajstić information content (AvgIpc) is 2.76. The maximum Gasteiger partial charge on any atom is 0.102 e. The van der Waals surface area contributed by atoms with Crippen LogP contribution >= 0.6 is 0 Å². The first-order valence-electron chi connectivity index (χ1n) is 4.70. The minimum atomic E-state index is 0.602. The highest BCUT2D eigenvalue weighted by molar-refractivity contribution is 5.21. The summed E-state index contributed by atoms with van der Waals surface area (Å²) >= 11 is 0. The van der Waals surface area contributed by atoms with Crippen LogP contribution in [0.3, 0.4) is 0 Å². The Labute approximate surface area is 87.8 Å². The van der Waals surface area contributed by atoms with Gasteiger partial charge in [0.25, 0.3) is 0 Å². The van der Waals surface area contributed by atoms with E-state index in [1.54, 1.807) is 29.5 Å². The molecule has 0 aliphatic heterocycles. The molecule has 0 bridgehead atoms. The maximum atomic E-state index is 8.62. The summed E-state index contributed by atoms with van der Waals surface area (Å²) in [7, 11) is 0. The first kappa shape index (κ1) is 9.41. The second-order valence-electron chi connectivity index (χ2n) is 3.21. The van der Waals surface area contributed by atoms with Crippen molar-refractivity contribution in [3.05, 3.63) is 48.0 Å². The molecule has 0 amide bonds. The zero-order chi connectivity index (χ0) is 10.5. The van der Waals surface area contributed by atoms with Gasteiger partial charge >= 0.3 is 0 Å². The Bertz CT molecular complexity index is 467. The highest BCUT2D eigenvalue weighted by atomic mass is 15.3. The van der Waals surface area contributed by atoms with Crippen molar-refractivity contribution < 1.29 is 0 Å². The van der Waals surface area contributed by atoms with Crippen molar-refractivity contribution in [1.29, 1.82) is 5.26 Å². The molecule has 4 nitrogen and oxygen atoms in total. The zero-order valence-corrected chi connectivity index (χ0v) is 8.17. The number of nitrogens with zero attached hydrogens (tertiary/aromatic N) is 4. The van der Waals surface area contributed by atoms with Crippen LogP contribution in [-0.2, 0) is 13.0 Å². The molecule has 0 aromatic carbocycles. The van der Waals surface area contributed by atoms with Gasteiger partial charge in [-0.05, 0) is 24.1 Å². The van der Waals surface area contributed by atoms with E-state index in [0.717, 1.165) is 13.0 Å². The molecule has 0 N–H and O–H groups in total. The third kappa shape index (κ3) is 2.41. The first-order chi connectivity index (χ1) is 7.38. The molecule has 0 radical (unpaired) electrons. The van der Waals surface area contributed by atoms with Crippen molar-refractivity contribution in [2.45, 2.75) is 13.0 Å². The van der Waals surface area contributed by atoms with E-state index >= 15 is 0 Å². The van der Waals surface area contributed by atoms with Crippen LogP contribution in [0.15, 0.2) is 36.9 Å². The van der Waals surface area contributed by atoms with Crippen molar-refractivity contribution in [3.63, 3.8) is 0 Å². The molecule has 0 saturated heterocycles. The van der Waals surface area contributed by atoms with Gasteiger partial charge in [-0.3, -0.25) is 9.67 Å². The molecule has 15 heavy (non-hydrogen) atoms. The molecular formula is C11H10N4. The van der Waals surface area contributed by atoms with E-state index in [4.69, 9.17) is 5.26 Å². The molecule has 0 spiro atoms. The van der Waals surface area contributed by atoms with E-state index in [1.165, 1.54) is 5.56 Å². The summed E-state index contributed by atoms with van der Waals surface area (Å²) in [6, 6.07) is 6.01. The minimum Gasteiger partial charge on any atom is -0.271 e. The van der Waals surface area contributed by atoms with E-state index in [0.29, 0.717) is 5.56 Å². The van der Waals surface area contributed by atoms with Crippen molar-refractivity contribution in [1.82, 2.24) is 14.8 Å². The fourth-order valence-corrected chi connectivity index (χ4v) is 1.34. The van der Waals surface area contributed by atoms with E-state index in [1.807, 2.05) is 12.1 Å². The number of hydrogen-bond donors (Lipinski definition) is 0. The summed E-state index contributed by atoms with van der Waals surface area (Å²) in [6.45, 7) is 0.783. The number of hydrogen-bond acceptors (Lipinski definition) is 3. The summed E-state index contributed by atoms with van der Waals surface area (Å²) < 4.78 is 1.78. The van der Waals surface area contributed by atoms with Crippen LogP contribution in [0.4, 0.5) is 0 Å². The lowest BCUT2D eigenvalue weighted by atomic mass is 10.2. The van der Waals surface area contributed by atoms with Gasteiger partial charge in [0.1, 0.15) is 6.07 Å². The van der Waals surface area contributed by atoms with Crippen molar-refractivity contribution in [2.75, 3.05) is 0 Å². The fraction of sp³-hybridized carbons (Fsp3) is 0.182. The lowest BCUT2D eigenvalue weighted by Crippen LogP contribution is -2.01. The quantitative estimate of drug-likeness (QED) is 0.748. The maximum absolute atomic E-state index is 8.62. The highest BCUT2D eigenvalue weighted by Crippen LogP contribution is 2.01. The van der Waals surface area contributed by atoms with Crippen LogP contribution < -0.4 is 0 Å². The second-order valence-corrected chi connectivity index (χ2v) is 3.21. The average molecular weight is 198 g/mol. The minimum absolute atomic E-state index is 0.602. The normalized spacial score (nSPS) is 9.80. The molecule has 0 aliphatic carbocycles. The van der Waals surface area contributed by atoms with E-state index < -0.39 is 0 Å². The monoisotopic (exact) mass is 198 g/mol. The molecule has 0 aliphatic rings. The molecule has 2 aromatic rings. The molecule has 2 aromatic heterocycles. The Morgan fingerprint density at radius 3 is 2.80 bits per heavy atom. The number of nitriles is 1. The van der Waals surface area contributed by atoms with Gasteiger partial charge in [-0.15, -0.1) is 0 Å². The van der Waals surface area contributed by atoms with Crippen LogP contribution in [0.1, 0.15) is 11.1 Å². The summed E-state index contributed by atoms with van der Waals surface area (Å²) in [5.41, 5.74) is 1.82. The Kier molecular flexibility index (Phi) is 2.75. The molecule has 0 saturated carbocycles. The van der Waals surface area contributed by atoms with Crippen LogP contribution in [0.25, 0.3) is 0 Å². The lowest BCUT2D eigenvalue weighted by Gasteiger charge is -2.00. The third-order valence-electron chi connectivity index (χ3n) is 2.14. The third-order valence-corrected chi connectivity index (χ3v) is 2.14. The summed E-state index contributed by atoms with van der Waals surface area (Å²) in [6.07, 6.45) is 7.78. The number of aromatic nitrogens is 3. The largest absolute Gasteiger partial charge is 0.271 e. The molecule has 4 heteroatoms. The summed E-state index contributed by atoms with van der Waals surface area (Å²) in [5, 5.41) is 12.7. The summed E-state index contributed by atoms with van der Waals surface area (Å²) in [5.74, 6) is 0. The van der Waals surface area contributed by atoms with Gasteiger partial charge in [0.15, 0.2) is 0 Å². The number of pyridine rings is 1. The van der Waals surface area contributed by atoms with Crippen LogP contribution in [0.5, 0.6) is 0 Å². The van der Waals surface area contributed by atoms with Crippen molar-refractivity contribution in [3.8, 4) is 6.07 Å². The predicted octanol–water partition coefficient (Wildman–Crippen LogP) is 1.39. The standard InChI is InChI=1S/C11H10N4/c12-7-11-8-14-15(9-11)6-3-10-1-4-13-5-2-10/h1-2,4-5,8-9H,3,6H2. The van der Waals surface area contributed by atoms with Gasteiger partial charge in [0, 0.05) is 25.1 Å². The first-order valence-corrected chi connectivity index (χ1v) is 4.70. The Hall–Kier alpha value is -2.15. The van der Waals surface area contributed by atoms with Crippen molar-refractivity contribution >= 4 is 0 Å². The van der Waals surface area contributed by atoms with E-state index in [9.17, 15) is 0 Å². The topological polar surface area (TPSA) is 54.5 Å². The molecule has 0 unspecified atom stereocenters. The fourth-order valence-electron chi connectivity index (χ4n) is 1.34. The van der Waals surface area contributed by atoms with Gasteiger partial charge in [0.05, 0.1) is 11.8 Å². The molecule has 2 heterocycles. The SMILES string of the molecule is N#Cc1cnn(CCc2ccncc2)c1. The van der Waals surface area contributed by atoms with Gasteiger partial charge < -0.3 is 0 Å². The second kappa shape index (κ2) is 4.38. The Morgan fingerprint density at radius 2 is 2.13 bits per heavy atom. The van der Waals surface area contributed by atoms with Gasteiger partial charge in [-0.2, -0.15) is 10.4 Å². The molecule has 74 valence electrons. The number of rotatable bonds is 3. The molecule has 2 rings (SSSR count). The summed E-state index contributed by atoms with van der Waals surface area (Å²) in [4.78, 5) is 3.95. The zero-order valence-electron chi connectivity index (χ0n) is 8.17.